The van der Waals surface area contributed by atoms with Crippen LogP contribution in [0.4, 0.5) is 13.2 Å². The lowest BCUT2D eigenvalue weighted by molar-refractivity contribution is -0.142. The van der Waals surface area contributed by atoms with E-state index in [-0.39, 0.29) is 17.6 Å². The summed E-state index contributed by atoms with van der Waals surface area (Å²) in [6, 6.07) is 6.24. The molecule has 2 aromatic heterocycles. The van der Waals surface area contributed by atoms with Crippen LogP contribution in [0.2, 0.25) is 0 Å². The van der Waals surface area contributed by atoms with Gasteiger partial charge < -0.3 is 5.11 Å². The van der Waals surface area contributed by atoms with Crippen molar-refractivity contribution in [2.45, 2.75) is 38.0 Å². The smallest absolute Gasteiger partial charge is 0.433 e. The highest BCUT2D eigenvalue weighted by atomic mass is 19.4. The Morgan fingerprint density at radius 2 is 2.04 bits per heavy atom. The fraction of sp³-hybridized carbons (Fsp3) is 0.333. The molecule has 0 spiro atoms. The average Bonchev–Trinajstić information content (AvgIpc) is 2.96. The van der Waals surface area contributed by atoms with Crippen molar-refractivity contribution < 1.29 is 23.1 Å². The Bertz CT molecular complexity index is 1130. The molecule has 7 nitrogen and oxygen atoms in total. The maximum atomic E-state index is 13.2. The number of carboxylic acid groups (broad SMARTS) is 1. The van der Waals surface area contributed by atoms with E-state index < -0.39 is 29.6 Å². The van der Waals surface area contributed by atoms with Crippen molar-refractivity contribution >= 4 is 16.9 Å². The third-order valence-electron chi connectivity index (χ3n) is 4.83. The molecule has 10 heteroatoms. The van der Waals surface area contributed by atoms with E-state index in [9.17, 15) is 27.9 Å². The maximum absolute atomic E-state index is 13.2. The number of hydrogen-bond donors (Lipinski definition) is 1. The number of pyridine rings is 1. The van der Waals surface area contributed by atoms with E-state index in [0.29, 0.717) is 30.5 Å². The molecule has 0 fully saturated rings. The van der Waals surface area contributed by atoms with Crippen molar-refractivity contribution in [3.05, 3.63) is 57.9 Å². The number of carbonyl (C=O) groups is 1. The summed E-state index contributed by atoms with van der Waals surface area (Å²) < 4.78 is 41.8. The van der Waals surface area contributed by atoms with Crippen LogP contribution in [-0.2, 0) is 23.9 Å². The van der Waals surface area contributed by atoms with Crippen molar-refractivity contribution in [3.63, 3.8) is 0 Å². The number of rotatable bonds is 3. The summed E-state index contributed by atoms with van der Waals surface area (Å²) in [6.45, 7) is -0.211. The van der Waals surface area contributed by atoms with Gasteiger partial charge in [0, 0.05) is 11.8 Å². The number of fused-ring (bicyclic) bond motifs is 2. The van der Waals surface area contributed by atoms with Gasteiger partial charge in [0.15, 0.2) is 0 Å². The number of benzene rings is 1. The van der Waals surface area contributed by atoms with Gasteiger partial charge in [0.2, 0.25) is 0 Å². The summed E-state index contributed by atoms with van der Waals surface area (Å²) in [5, 5.41) is 14.0. The van der Waals surface area contributed by atoms with Crippen LogP contribution in [-0.4, -0.2) is 30.4 Å². The summed E-state index contributed by atoms with van der Waals surface area (Å²) in [5.74, 6) is -0.797. The number of nitrogens with zero attached hydrogens (tertiary/aromatic N) is 4. The molecule has 0 unspecified atom stereocenters. The molecule has 0 bridgehead atoms. The van der Waals surface area contributed by atoms with E-state index in [2.05, 4.69) is 10.1 Å². The summed E-state index contributed by atoms with van der Waals surface area (Å²) in [7, 11) is 0. The van der Waals surface area contributed by atoms with E-state index >= 15 is 0 Å². The van der Waals surface area contributed by atoms with Crippen LogP contribution in [0.5, 0.6) is 0 Å². The van der Waals surface area contributed by atoms with Gasteiger partial charge >= 0.3 is 17.8 Å². The molecule has 0 radical (unpaired) electrons. The second-order valence-corrected chi connectivity index (χ2v) is 6.65. The molecule has 28 heavy (non-hydrogen) atoms. The fourth-order valence-corrected chi connectivity index (χ4v) is 3.55. The molecule has 1 N–H and O–H groups in total. The molecule has 0 amide bonds. The van der Waals surface area contributed by atoms with Crippen LogP contribution in [0.3, 0.4) is 0 Å². The fourth-order valence-electron chi connectivity index (χ4n) is 3.55. The van der Waals surface area contributed by atoms with Crippen molar-refractivity contribution in [2.75, 3.05) is 0 Å². The maximum Gasteiger partial charge on any atom is 0.433 e. The standard InChI is InChI=1S/C18H15F3N4O3/c19-18(20,21)14-8-10(11-4-1-2-5-12(11)22-14)9-24-17(28)25-13(16(26)27)6-3-7-15(25)23-24/h1-2,4-5,8,13H,3,6-7,9H2,(H,26,27)/t13-/m0/s1. The first-order valence-corrected chi connectivity index (χ1v) is 8.62. The van der Waals surface area contributed by atoms with Gasteiger partial charge in [0.05, 0.1) is 12.1 Å². The Morgan fingerprint density at radius 3 is 2.75 bits per heavy atom. The van der Waals surface area contributed by atoms with Gasteiger partial charge in [-0.05, 0) is 30.5 Å². The minimum atomic E-state index is -4.63. The molecule has 0 saturated heterocycles. The summed E-state index contributed by atoms with van der Waals surface area (Å²) >= 11 is 0. The molecule has 1 aromatic carbocycles. The molecule has 3 aromatic rings. The highest BCUT2D eigenvalue weighted by molar-refractivity contribution is 5.82. The topological polar surface area (TPSA) is 90.0 Å². The van der Waals surface area contributed by atoms with Crippen LogP contribution in [0.15, 0.2) is 35.1 Å². The number of aromatic nitrogens is 4. The van der Waals surface area contributed by atoms with Gasteiger partial charge in [0.1, 0.15) is 17.6 Å². The number of para-hydroxylation sites is 1. The second-order valence-electron chi connectivity index (χ2n) is 6.65. The highest BCUT2D eigenvalue weighted by Crippen LogP contribution is 2.31. The number of alkyl halides is 3. The van der Waals surface area contributed by atoms with E-state index in [4.69, 9.17) is 0 Å². The van der Waals surface area contributed by atoms with Gasteiger partial charge in [-0.25, -0.2) is 19.3 Å². The molecule has 0 saturated carbocycles. The highest BCUT2D eigenvalue weighted by Gasteiger charge is 2.34. The van der Waals surface area contributed by atoms with Gasteiger partial charge in [-0.1, -0.05) is 18.2 Å². The lowest BCUT2D eigenvalue weighted by Gasteiger charge is -2.19. The monoisotopic (exact) mass is 392 g/mol. The van der Waals surface area contributed by atoms with Crippen LogP contribution in [0, 0.1) is 0 Å². The molecule has 1 atom stereocenters. The first-order chi connectivity index (χ1) is 13.3. The van der Waals surface area contributed by atoms with Crippen LogP contribution in [0.1, 0.15) is 36.0 Å². The molecule has 3 heterocycles. The number of aryl methyl sites for hydroxylation is 1. The van der Waals surface area contributed by atoms with Crippen molar-refractivity contribution in [2.24, 2.45) is 0 Å². The Kier molecular flexibility index (Phi) is 4.20. The Morgan fingerprint density at radius 1 is 1.29 bits per heavy atom. The summed E-state index contributed by atoms with van der Waals surface area (Å²) in [6.07, 6.45) is -3.31. The van der Waals surface area contributed by atoms with Gasteiger partial charge in [-0.15, -0.1) is 0 Å². The second kappa shape index (κ2) is 6.47. The number of halogens is 3. The van der Waals surface area contributed by atoms with Crippen LogP contribution in [0.25, 0.3) is 10.9 Å². The lowest BCUT2D eigenvalue weighted by atomic mass is 10.1. The minimum absolute atomic E-state index is 0.160. The van der Waals surface area contributed by atoms with Crippen LogP contribution < -0.4 is 5.69 Å². The lowest BCUT2D eigenvalue weighted by Crippen LogP contribution is -2.34. The zero-order chi connectivity index (χ0) is 20.1. The van der Waals surface area contributed by atoms with Gasteiger partial charge in [-0.3, -0.25) is 4.57 Å². The molecule has 1 aliphatic rings. The minimum Gasteiger partial charge on any atom is -0.480 e. The Labute approximate surface area is 156 Å². The normalized spacial score (nSPS) is 16.9. The SMILES string of the molecule is O=C(O)[C@@H]1CCCc2nn(Cc3cc(C(F)(F)F)nc4ccccc34)c(=O)n21. The van der Waals surface area contributed by atoms with Gasteiger partial charge in [0.25, 0.3) is 0 Å². The Hall–Kier alpha value is -3.17. The molecule has 0 aliphatic carbocycles. The zero-order valence-corrected chi connectivity index (χ0v) is 14.5. The number of carboxylic acids is 1. The van der Waals surface area contributed by atoms with Crippen molar-refractivity contribution in [1.29, 1.82) is 0 Å². The predicted octanol–water partition coefficient (Wildman–Crippen LogP) is 2.62. The van der Waals surface area contributed by atoms with E-state index in [1.165, 1.54) is 6.07 Å². The molecular weight excluding hydrogens is 377 g/mol. The van der Waals surface area contributed by atoms with Crippen molar-refractivity contribution in [3.8, 4) is 0 Å². The first-order valence-electron chi connectivity index (χ1n) is 8.62. The zero-order valence-electron chi connectivity index (χ0n) is 14.5. The summed E-state index contributed by atoms with van der Waals surface area (Å²) in [5.41, 5.74) is -1.30. The number of aliphatic carboxylic acids is 1. The first kappa shape index (κ1) is 18.2. The van der Waals surface area contributed by atoms with Crippen LogP contribution >= 0.6 is 0 Å². The molecule has 4 rings (SSSR count). The molecule has 1 aliphatic heterocycles. The van der Waals surface area contributed by atoms with E-state index in [1.54, 1.807) is 18.2 Å². The third kappa shape index (κ3) is 3.04. The Balaban J connectivity index is 1.83. The third-order valence-corrected chi connectivity index (χ3v) is 4.83. The van der Waals surface area contributed by atoms with Gasteiger partial charge in [-0.2, -0.15) is 18.3 Å². The average molecular weight is 392 g/mol. The largest absolute Gasteiger partial charge is 0.480 e. The van der Waals surface area contributed by atoms with E-state index in [1.807, 2.05) is 0 Å². The van der Waals surface area contributed by atoms with Crippen molar-refractivity contribution in [1.82, 2.24) is 19.3 Å². The summed E-state index contributed by atoms with van der Waals surface area (Å²) in [4.78, 5) is 27.8. The predicted molar refractivity (Wildman–Crippen MR) is 91.9 cm³/mol. The van der Waals surface area contributed by atoms with E-state index in [0.717, 1.165) is 15.3 Å². The molecular formula is C18H15F3N4O3. The number of hydrogen-bond acceptors (Lipinski definition) is 4. The quantitative estimate of drug-likeness (QED) is 0.740. The molecule has 146 valence electrons.